The molecule has 0 spiro atoms. The summed E-state index contributed by atoms with van der Waals surface area (Å²) in [6, 6.07) is 0.156. The molecular weight excluding hydrogens is 302 g/mol. The van der Waals surface area contributed by atoms with Crippen LogP contribution in [-0.2, 0) is 4.74 Å². The van der Waals surface area contributed by atoms with Crippen LogP contribution >= 0.6 is 0 Å². The number of nitrogens with one attached hydrogen (secondary N) is 1. The molecule has 1 aliphatic carbocycles. The van der Waals surface area contributed by atoms with Crippen LogP contribution in [0, 0.1) is 0 Å². The molecule has 4 rings (SSSR count). The summed E-state index contributed by atoms with van der Waals surface area (Å²) in [6.07, 6.45) is 2.36. The molecule has 4 N–H and O–H groups in total. The van der Waals surface area contributed by atoms with Gasteiger partial charge in [0.05, 0.1) is 19.0 Å². The van der Waals surface area contributed by atoms with Gasteiger partial charge < -0.3 is 25.4 Å². The van der Waals surface area contributed by atoms with Crippen molar-refractivity contribution >= 4 is 17.0 Å². The van der Waals surface area contributed by atoms with E-state index in [-0.39, 0.29) is 18.8 Å². The summed E-state index contributed by atoms with van der Waals surface area (Å²) in [5.74, 6) is 0.598. The maximum absolute atomic E-state index is 10.0. The molecule has 0 aromatic carbocycles. The molecule has 23 heavy (non-hydrogen) atoms. The van der Waals surface area contributed by atoms with Gasteiger partial charge in [0.2, 0.25) is 0 Å². The lowest BCUT2D eigenvalue weighted by atomic mass is 10.2. The van der Waals surface area contributed by atoms with E-state index in [1.165, 1.54) is 12.7 Å². The van der Waals surface area contributed by atoms with Crippen LogP contribution in [-0.4, -0.2) is 65.8 Å². The minimum atomic E-state index is -1.02. The zero-order chi connectivity index (χ0) is 16.0. The van der Waals surface area contributed by atoms with Crippen LogP contribution in [0.25, 0.3) is 11.2 Å². The molecule has 1 saturated carbocycles. The summed E-state index contributed by atoms with van der Waals surface area (Å²) >= 11 is 0. The highest BCUT2D eigenvalue weighted by molar-refractivity contribution is 5.82. The molecule has 5 atom stereocenters. The van der Waals surface area contributed by atoms with Crippen molar-refractivity contribution in [2.45, 2.75) is 49.8 Å². The van der Waals surface area contributed by atoms with Gasteiger partial charge in [-0.05, 0) is 19.3 Å². The highest BCUT2D eigenvalue weighted by Crippen LogP contribution is 2.29. The molecule has 1 aliphatic heterocycles. The quantitative estimate of drug-likeness (QED) is 0.591. The average Bonchev–Trinajstić information content (AvgIpc) is 3.21. The Morgan fingerprint density at radius 2 is 2.04 bits per heavy atom. The number of nitrogens with zero attached hydrogens (tertiary/aromatic N) is 4. The van der Waals surface area contributed by atoms with Crippen molar-refractivity contribution in [3.8, 4) is 0 Å². The minimum absolute atomic E-state index is 0.0711. The first-order valence-corrected chi connectivity index (χ1v) is 7.73. The Balaban J connectivity index is 1.64. The standard InChI is InChI=1S/C14H19N5O4/c20-8-2-1-7(3-8)18-12-10-13(16-5-15-12)19(6-17-10)14-11(22)9(21)4-23-14/h5-9,11,14,20-22H,1-4H2,(H,15,16,18)/t7-,8+,9-,11-,14-/m1/s1. The van der Waals surface area contributed by atoms with Crippen LogP contribution in [0.15, 0.2) is 12.7 Å². The van der Waals surface area contributed by atoms with Gasteiger partial charge in [0.15, 0.2) is 23.2 Å². The Morgan fingerprint density at radius 1 is 1.17 bits per heavy atom. The van der Waals surface area contributed by atoms with E-state index in [1.54, 1.807) is 4.57 Å². The SMILES string of the molecule is O[C@H]1CC[C@@H](Nc2ncnc3c2ncn3[C@@H]2OC[C@@H](O)[C@H]2O)C1. The summed E-state index contributed by atoms with van der Waals surface area (Å²) in [5.41, 5.74) is 1.10. The molecule has 2 aromatic heterocycles. The van der Waals surface area contributed by atoms with E-state index in [0.29, 0.717) is 23.4 Å². The highest BCUT2D eigenvalue weighted by Gasteiger charge is 2.37. The van der Waals surface area contributed by atoms with Crippen molar-refractivity contribution in [3.63, 3.8) is 0 Å². The summed E-state index contributed by atoms with van der Waals surface area (Å²) in [5, 5.41) is 32.6. The number of aromatic nitrogens is 4. The van der Waals surface area contributed by atoms with Crippen LogP contribution < -0.4 is 5.32 Å². The van der Waals surface area contributed by atoms with Crippen LogP contribution in [0.2, 0.25) is 0 Å². The van der Waals surface area contributed by atoms with E-state index in [4.69, 9.17) is 4.74 Å². The lowest BCUT2D eigenvalue weighted by Gasteiger charge is -2.17. The first kappa shape index (κ1) is 14.8. The van der Waals surface area contributed by atoms with Gasteiger partial charge in [-0.1, -0.05) is 0 Å². The number of aliphatic hydroxyl groups excluding tert-OH is 3. The molecule has 9 heteroatoms. The highest BCUT2D eigenvalue weighted by atomic mass is 16.5. The Bertz CT molecular complexity index is 708. The van der Waals surface area contributed by atoms with E-state index in [9.17, 15) is 15.3 Å². The predicted octanol–water partition coefficient (Wildman–Crippen LogP) is -0.598. The second-order valence-corrected chi connectivity index (χ2v) is 6.14. The first-order valence-electron chi connectivity index (χ1n) is 7.73. The second kappa shape index (κ2) is 5.68. The molecule has 2 fully saturated rings. The summed E-state index contributed by atoms with van der Waals surface area (Å²) < 4.78 is 7.03. The van der Waals surface area contributed by atoms with Gasteiger partial charge in [-0.2, -0.15) is 0 Å². The summed E-state index contributed by atoms with van der Waals surface area (Å²) in [6.45, 7) is 0.0711. The number of imidazole rings is 1. The van der Waals surface area contributed by atoms with Gasteiger partial charge in [0, 0.05) is 6.04 Å². The third-order valence-corrected chi connectivity index (χ3v) is 4.50. The van der Waals surface area contributed by atoms with Crippen molar-refractivity contribution in [1.82, 2.24) is 19.5 Å². The molecule has 1 saturated heterocycles. The van der Waals surface area contributed by atoms with Gasteiger partial charge >= 0.3 is 0 Å². The van der Waals surface area contributed by atoms with Crippen LogP contribution in [0.1, 0.15) is 25.5 Å². The number of hydrogen-bond acceptors (Lipinski definition) is 8. The first-order chi connectivity index (χ1) is 11.1. The van der Waals surface area contributed by atoms with E-state index in [0.717, 1.165) is 12.8 Å². The van der Waals surface area contributed by atoms with Crippen molar-refractivity contribution in [1.29, 1.82) is 0 Å². The number of anilines is 1. The Kier molecular flexibility index (Phi) is 3.64. The smallest absolute Gasteiger partial charge is 0.167 e. The third kappa shape index (κ3) is 2.55. The average molecular weight is 321 g/mol. The maximum atomic E-state index is 10.0. The molecule has 0 radical (unpaired) electrons. The van der Waals surface area contributed by atoms with Crippen LogP contribution in [0.4, 0.5) is 5.82 Å². The zero-order valence-electron chi connectivity index (χ0n) is 12.4. The number of ether oxygens (including phenoxy) is 1. The maximum Gasteiger partial charge on any atom is 0.167 e. The monoisotopic (exact) mass is 321 g/mol. The summed E-state index contributed by atoms with van der Waals surface area (Å²) in [4.78, 5) is 12.8. The lowest BCUT2D eigenvalue weighted by Crippen LogP contribution is -2.28. The topological polar surface area (TPSA) is 126 Å². The Morgan fingerprint density at radius 3 is 2.74 bits per heavy atom. The number of fused-ring (bicyclic) bond motifs is 1. The Labute approximate surface area is 132 Å². The lowest BCUT2D eigenvalue weighted by molar-refractivity contribution is -0.0162. The van der Waals surface area contributed by atoms with E-state index in [2.05, 4.69) is 20.3 Å². The van der Waals surface area contributed by atoms with Crippen LogP contribution in [0.3, 0.4) is 0 Å². The van der Waals surface area contributed by atoms with Gasteiger partial charge in [0.1, 0.15) is 18.5 Å². The molecule has 124 valence electrons. The Hall–Kier alpha value is -1.81. The van der Waals surface area contributed by atoms with Crippen molar-refractivity contribution in [3.05, 3.63) is 12.7 Å². The van der Waals surface area contributed by atoms with E-state index in [1.807, 2.05) is 0 Å². The second-order valence-electron chi connectivity index (χ2n) is 6.14. The van der Waals surface area contributed by atoms with Crippen LogP contribution in [0.5, 0.6) is 0 Å². The number of rotatable bonds is 3. The molecule has 2 aromatic rings. The minimum Gasteiger partial charge on any atom is -0.393 e. The molecular formula is C14H19N5O4. The molecule has 9 nitrogen and oxygen atoms in total. The van der Waals surface area contributed by atoms with E-state index < -0.39 is 18.4 Å². The fraction of sp³-hybridized carbons (Fsp3) is 0.643. The van der Waals surface area contributed by atoms with E-state index >= 15 is 0 Å². The van der Waals surface area contributed by atoms with Gasteiger partial charge in [-0.3, -0.25) is 4.57 Å². The zero-order valence-corrected chi connectivity index (χ0v) is 12.4. The van der Waals surface area contributed by atoms with Gasteiger partial charge in [-0.15, -0.1) is 0 Å². The number of aliphatic hydroxyl groups is 3. The van der Waals surface area contributed by atoms with Gasteiger partial charge in [0.25, 0.3) is 0 Å². The van der Waals surface area contributed by atoms with Crippen molar-refractivity contribution < 1.29 is 20.1 Å². The largest absolute Gasteiger partial charge is 0.393 e. The molecule has 0 amide bonds. The van der Waals surface area contributed by atoms with Crippen molar-refractivity contribution in [2.75, 3.05) is 11.9 Å². The third-order valence-electron chi connectivity index (χ3n) is 4.50. The van der Waals surface area contributed by atoms with Crippen molar-refractivity contribution in [2.24, 2.45) is 0 Å². The normalized spacial score (nSPS) is 34.3. The fourth-order valence-corrected chi connectivity index (χ4v) is 3.26. The predicted molar refractivity (Wildman–Crippen MR) is 79.6 cm³/mol. The summed E-state index contributed by atoms with van der Waals surface area (Å²) in [7, 11) is 0. The molecule has 3 heterocycles. The van der Waals surface area contributed by atoms with Gasteiger partial charge in [-0.25, -0.2) is 15.0 Å². The number of hydrogen-bond donors (Lipinski definition) is 4. The molecule has 0 bridgehead atoms. The molecule has 2 aliphatic rings. The molecule has 0 unspecified atom stereocenters. The fourth-order valence-electron chi connectivity index (χ4n) is 3.26.